The third kappa shape index (κ3) is 3.81. The Balaban J connectivity index is 2.26. The zero-order chi connectivity index (χ0) is 19.6. The van der Waals surface area contributed by atoms with E-state index in [0.29, 0.717) is 33.1 Å². The highest BCUT2D eigenvalue weighted by Crippen LogP contribution is 2.20. The van der Waals surface area contributed by atoms with Crippen LogP contribution in [0.5, 0.6) is 0 Å². The number of hydrogen-bond acceptors (Lipinski definition) is 3. The lowest BCUT2D eigenvalue weighted by atomic mass is 10.0. The van der Waals surface area contributed by atoms with E-state index in [1.165, 1.54) is 13.2 Å². The molecule has 2 atom stereocenters. The number of Topliss-reactive ketones (excluding diaryl/α,β-unsaturated/α-hetero) is 1. The summed E-state index contributed by atoms with van der Waals surface area (Å²) in [4.78, 5) is 28.6. The summed E-state index contributed by atoms with van der Waals surface area (Å²) < 4.78 is 18.8. The average Bonchev–Trinajstić information content (AvgIpc) is 2.90. The third-order valence-electron chi connectivity index (χ3n) is 4.72. The fourth-order valence-corrected chi connectivity index (χ4v) is 3.21. The Bertz CT molecular complexity index is 827. The molecule has 1 heterocycles. The number of H-pyrrole nitrogens is 1. The quantitative estimate of drug-likeness (QED) is 0.597. The first-order valence-corrected chi connectivity index (χ1v) is 8.63. The van der Waals surface area contributed by atoms with Crippen LogP contribution in [0.2, 0.25) is 5.02 Å². The maximum Gasteiger partial charge on any atom is 0.339 e. The number of carbonyl (C=O) groups excluding carboxylic acids is 2. The highest BCUT2D eigenvalue weighted by atomic mass is 35.5. The summed E-state index contributed by atoms with van der Waals surface area (Å²) in [6, 6.07) is 4.06. The minimum Gasteiger partial charge on any atom is -0.465 e. The van der Waals surface area contributed by atoms with Crippen LogP contribution in [0.3, 0.4) is 0 Å². The van der Waals surface area contributed by atoms with Crippen molar-refractivity contribution in [1.82, 2.24) is 4.98 Å². The van der Waals surface area contributed by atoms with E-state index in [4.69, 9.17) is 16.3 Å². The molecule has 1 unspecified atom stereocenters. The van der Waals surface area contributed by atoms with Crippen molar-refractivity contribution in [2.24, 2.45) is 0 Å². The third-order valence-corrected chi connectivity index (χ3v) is 5.08. The SMILES string of the molecule is COC(=O)c1c(C)[nH]c(C(=O)[C@H](C)[NH+](C)Cc2c(F)cccc2Cl)c1C. The molecular weight excluding hydrogens is 359 g/mol. The van der Waals surface area contributed by atoms with Gasteiger partial charge in [0.15, 0.2) is 6.04 Å². The summed E-state index contributed by atoms with van der Waals surface area (Å²) >= 11 is 6.08. The molecule has 1 aromatic carbocycles. The lowest BCUT2D eigenvalue weighted by Gasteiger charge is -2.21. The van der Waals surface area contributed by atoms with Crippen molar-refractivity contribution in [3.63, 3.8) is 0 Å². The number of aromatic amines is 1. The van der Waals surface area contributed by atoms with Gasteiger partial charge in [0.25, 0.3) is 0 Å². The van der Waals surface area contributed by atoms with Gasteiger partial charge in [0, 0.05) is 5.69 Å². The van der Waals surface area contributed by atoms with Crippen molar-refractivity contribution >= 4 is 23.4 Å². The van der Waals surface area contributed by atoms with Crippen LogP contribution in [0.1, 0.15) is 44.6 Å². The molecular formula is C19H23ClFN2O3+. The zero-order valence-corrected chi connectivity index (χ0v) is 16.3. The van der Waals surface area contributed by atoms with Gasteiger partial charge in [0.2, 0.25) is 5.78 Å². The Morgan fingerprint density at radius 2 is 2.00 bits per heavy atom. The molecule has 0 saturated heterocycles. The molecule has 2 aromatic rings. The van der Waals surface area contributed by atoms with Gasteiger partial charge in [-0.25, -0.2) is 9.18 Å². The molecule has 140 valence electrons. The van der Waals surface area contributed by atoms with E-state index in [-0.39, 0.29) is 12.3 Å². The van der Waals surface area contributed by atoms with Crippen LogP contribution in [-0.4, -0.2) is 36.9 Å². The second kappa shape index (κ2) is 8.01. The van der Waals surface area contributed by atoms with Crippen LogP contribution in [0.15, 0.2) is 18.2 Å². The predicted molar refractivity (Wildman–Crippen MR) is 97.4 cm³/mol. The summed E-state index contributed by atoms with van der Waals surface area (Å²) in [5, 5.41) is 0.337. The molecule has 0 aliphatic carbocycles. The lowest BCUT2D eigenvalue weighted by Crippen LogP contribution is -3.12. The monoisotopic (exact) mass is 381 g/mol. The molecule has 2 N–H and O–H groups in total. The average molecular weight is 382 g/mol. The van der Waals surface area contributed by atoms with Gasteiger partial charge in [-0.2, -0.15) is 0 Å². The van der Waals surface area contributed by atoms with Gasteiger partial charge in [0.05, 0.1) is 36.0 Å². The van der Waals surface area contributed by atoms with Crippen LogP contribution < -0.4 is 4.90 Å². The number of likely N-dealkylation sites (N-methyl/N-ethyl adjacent to an activating group) is 1. The van der Waals surface area contributed by atoms with Gasteiger partial charge < -0.3 is 14.6 Å². The molecule has 1 aromatic heterocycles. The fourth-order valence-electron chi connectivity index (χ4n) is 2.98. The molecule has 0 amide bonds. The van der Waals surface area contributed by atoms with Crippen LogP contribution >= 0.6 is 11.6 Å². The molecule has 0 spiro atoms. The molecule has 2 rings (SSSR count). The molecule has 7 heteroatoms. The van der Waals surface area contributed by atoms with E-state index in [2.05, 4.69) is 4.98 Å². The van der Waals surface area contributed by atoms with Crippen LogP contribution in [-0.2, 0) is 11.3 Å². The zero-order valence-electron chi connectivity index (χ0n) is 15.5. The Labute approximate surface area is 157 Å². The molecule has 0 radical (unpaired) electrons. The standard InChI is InChI=1S/C19H22ClFN2O3/c1-10-16(19(25)26-5)11(2)22-17(10)18(24)12(3)23(4)9-13-14(20)7-6-8-15(13)21/h6-8,12,22H,9H2,1-5H3/p+1/t12-/m0/s1. The van der Waals surface area contributed by atoms with Gasteiger partial charge in [0.1, 0.15) is 12.4 Å². The Kier molecular flexibility index (Phi) is 6.21. The molecule has 0 saturated carbocycles. The largest absolute Gasteiger partial charge is 0.465 e. The minimum absolute atomic E-state index is 0.161. The van der Waals surface area contributed by atoms with Crippen LogP contribution in [0, 0.1) is 19.7 Å². The van der Waals surface area contributed by atoms with E-state index in [0.717, 1.165) is 4.90 Å². The number of ketones is 1. The van der Waals surface area contributed by atoms with Gasteiger partial charge in [-0.1, -0.05) is 17.7 Å². The number of esters is 1. The number of rotatable bonds is 6. The van der Waals surface area contributed by atoms with Crippen molar-refractivity contribution < 1.29 is 23.6 Å². The van der Waals surface area contributed by atoms with Gasteiger partial charge in [-0.05, 0) is 38.5 Å². The first-order chi connectivity index (χ1) is 12.2. The second-order valence-electron chi connectivity index (χ2n) is 6.43. The first kappa shape index (κ1) is 20.1. The lowest BCUT2D eigenvalue weighted by molar-refractivity contribution is -0.907. The smallest absolute Gasteiger partial charge is 0.339 e. The highest BCUT2D eigenvalue weighted by molar-refractivity contribution is 6.31. The van der Waals surface area contributed by atoms with Crippen molar-refractivity contribution in [3.8, 4) is 0 Å². The van der Waals surface area contributed by atoms with Crippen molar-refractivity contribution in [3.05, 3.63) is 57.1 Å². The maximum absolute atomic E-state index is 14.0. The second-order valence-corrected chi connectivity index (χ2v) is 6.83. The molecule has 0 fully saturated rings. The number of aryl methyl sites for hydroxylation is 1. The highest BCUT2D eigenvalue weighted by Gasteiger charge is 2.30. The topological polar surface area (TPSA) is 63.6 Å². The number of nitrogens with one attached hydrogen (secondary N) is 2. The Morgan fingerprint density at radius 3 is 2.58 bits per heavy atom. The minimum atomic E-state index is -0.484. The van der Waals surface area contributed by atoms with Crippen molar-refractivity contribution in [2.75, 3.05) is 14.2 Å². The number of benzene rings is 1. The van der Waals surface area contributed by atoms with E-state index in [1.807, 2.05) is 0 Å². The summed E-state index contributed by atoms with van der Waals surface area (Å²) in [7, 11) is 3.10. The molecule has 0 bridgehead atoms. The van der Waals surface area contributed by atoms with Gasteiger partial charge in [-0.15, -0.1) is 0 Å². The molecule has 0 aliphatic rings. The fraction of sp³-hybridized carbons (Fsp3) is 0.368. The molecule has 5 nitrogen and oxygen atoms in total. The van der Waals surface area contributed by atoms with Gasteiger partial charge in [-0.3, -0.25) is 4.79 Å². The Morgan fingerprint density at radius 1 is 1.35 bits per heavy atom. The van der Waals surface area contributed by atoms with Crippen molar-refractivity contribution in [2.45, 2.75) is 33.4 Å². The summed E-state index contributed by atoms with van der Waals surface area (Å²) in [5.74, 6) is -1.04. The first-order valence-electron chi connectivity index (χ1n) is 8.25. The number of aromatic nitrogens is 1. The number of hydrogen-bond donors (Lipinski definition) is 2. The van der Waals surface area contributed by atoms with E-state index < -0.39 is 17.8 Å². The normalized spacial score (nSPS) is 13.3. The number of quaternary nitrogens is 1. The molecule has 0 aliphatic heterocycles. The van der Waals surface area contributed by atoms with E-state index in [1.54, 1.807) is 40.0 Å². The number of ether oxygens (including phenoxy) is 1. The number of halogens is 2. The van der Waals surface area contributed by atoms with Gasteiger partial charge >= 0.3 is 5.97 Å². The van der Waals surface area contributed by atoms with Crippen LogP contribution in [0.25, 0.3) is 0 Å². The predicted octanol–water partition coefficient (Wildman–Crippen LogP) is 2.50. The van der Waals surface area contributed by atoms with Crippen LogP contribution in [0.4, 0.5) is 4.39 Å². The number of methoxy groups -OCH3 is 1. The number of carbonyl (C=O) groups is 2. The summed E-state index contributed by atoms with van der Waals surface area (Å²) in [6.07, 6.45) is 0. The van der Waals surface area contributed by atoms with E-state index >= 15 is 0 Å². The summed E-state index contributed by atoms with van der Waals surface area (Å²) in [5.41, 5.74) is 2.26. The molecule has 26 heavy (non-hydrogen) atoms. The van der Waals surface area contributed by atoms with Crippen molar-refractivity contribution in [1.29, 1.82) is 0 Å². The Hall–Kier alpha value is -2.18. The maximum atomic E-state index is 14.0. The van der Waals surface area contributed by atoms with E-state index in [9.17, 15) is 14.0 Å². The summed E-state index contributed by atoms with van der Waals surface area (Å²) in [6.45, 7) is 5.45.